The first kappa shape index (κ1) is 19.6. The molecule has 2 aromatic rings. The molecule has 3 rings (SSSR count). The molecule has 0 unspecified atom stereocenters. The SMILES string of the molecule is CCCC(O)=C1C(=O)CC(c2ccc(S(=O)(=O)Cl)c3ccccc23)CC1=O. The first-order valence-electron chi connectivity index (χ1n) is 8.68. The van der Waals surface area contributed by atoms with Crippen LogP contribution in [0.15, 0.2) is 52.6 Å². The number of rotatable bonds is 4. The van der Waals surface area contributed by atoms with Gasteiger partial charge in [-0.25, -0.2) is 8.42 Å². The average Bonchev–Trinajstić information content (AvgIpc) is 2.59. The summed E-state index contributed by atoms with van der Waals surface area (Å²) in [6.45, 7) is 1.86. The molecular formula is C20H19ClO5S. The number of aliphatic hydroxyl groups excluding tert-OH is 1. The van der Waals surface area contributed by atoms with Gasteiger partial charge >= 0.3 is 0 Å². The van der Waals surface area contributed by atoms with Gasteiger partial charge in [0.05, 0.1) is 10.5 Å². The van der Waals surface area contributed by atoms with Crippen LogP contribution in [0.3, 0.4) is 0 Å². The van der Waals surface area contributed by atoms with Crippen LogP contribution in [0, 0.1) is 0 Å². The Morgan fingerprint density at radius 3 is 2.22 bits per heavy atom. The van der Waals surface area contributed by atoms with Crippen LogP contribution in [-0.4, -0.2) is 25.1 Å². The van der Waals surface area contributed by atoms with E-state index in [9.17, 15) is 23.1 Å². The first-order valence-corrected chi connectivity index (χ1v) is 11.0. The average molecular weight is 407 g/mol. The van der Waals surface area contributed by atoms with Gasteiger partial charge in [0.15, 0.2) is 11.6 Å². The fraction of sp³-hybridized carbons (Fsp3) is 0.300. The number of benzene rings is 2. The highest BCUT2D eigenvalue weighted by molar-refractivity contribution is 8.14. The maximum absolute atomic E-state index is 12.5. The van der Waals surface area contributed by atoms with E-state index in [0.29, 0.717) is 23.6 Å². The predicted octanol–water partition coefficient (Wildman–Crippen LogP) is 4.40. The van der Waals surface area contributed by atoms with Crippen LogP contribution >= 0.6 is 10.7 Å². The molecule has 1 aliphatic rings. The summed E-state index contributed by atoms with van der Waals surface area (Å²) in [7, 11) is 1.61. The second-order valence-corrected chi connectivity index (χ2v) is 9.19. The van der Waals surface area contributed by atoms with Crippen LogP contribution in [0.25, 0.3) is 10.8 Å². The van der Waals surface area contributed by atoms with Crippen molar-refractivity contribution >= 4 is 42.1 Å². The molecule has 0 saturated heterocycles. The van der Waals surface area contributed by atoms with Crippen molar-refractivity contribution in [3.05, 3.63) is 53.3 Å². The Morgan fingerprint density at radius 2 is 1.67 bits per heavy atom. The standard InChI is InChI=1S/C20H19ClO5S/c1-2-5-16(22)20-17(23)10-12(11-18(20)24)13-8-9-19(27(21,25)26)15-7-4-3-6-14(13)15/h3-4,6-9,12,22H,2,5,10-11H2,1H3. The Kier molecular flexibility index (Phi) is 5.40. The Labute approximate surface area is 162 Å². The zero-order chi connectivity index (χ0) is 19.8. The predicted molar refractivity (Wildman–Crippen MR) is 104 cm³/mol. The minimum absolute atomic E-state index is 0.00171. The van der Waals surface area contributed by atoms with Crippen LogP contribution in [0.4, 0.5) is 0 Å². The molecule has 0 aliphatic heterocycles. The van der Waals surface area contributed by atoms with Gasteiger partial charge in [-0.15, -0.1) is 0 Å². The summed E-state index contributed by atoms with van der Waals surface area (Å²) < 4.78 is 23.7. The molecule has 0 spiro atoms. The van der Waals surface area contributed by atoms with Crippen molar-refractivity contribution in [2.24, 2.45) is 0 Å². The van der Waals surface area contributed by atoms with Crippen LogP contribution in [-0.2, 0) is 18.6 Å². The van der Waals surface area contributed by atoms with Gasteiger partial charge in [0.25, 0.3) is 9.05 Å². The topological polar surface area (TPSA) is 88.5 Å². The molecule has 2 aromatic carbocycles. The molecule has 0 bridgehead atoms. The third kappa shape index (κ3) is 3.77. The molecule has 1 fully saturated rings. The molecule has 1 aliphatic carbocycles. The molecule has 27 heavy (non-hydrogen) atoms. The zero-order valence-electron chi connectivity index (χ0n) is 14.7. The highest BCUT2D eigenvalue weighted by Gasteiger charge is 2.34. The van der Waals surface area contributed by atoms with Crippen molar-refractivity contribution in [2.75, 3.05) is 0 Å². The number of hydrogen-bond donors (Lipinski definition) is 1. The first-order chi connectivity index (χ1) is 12.7. The van der Waals surface area contributed by atoms with E-state index < -0.39 is 9.05 Å². The number of allylic oxidation sites excluding steroid dienone is 2. The molecule has 1 N–H and O–H groups in total. The molecule has 0 amide bonds. The van der Waals surface area contributed by atoms with Crippen molar-refractivity contribution in [3.63, 3.8) is 0 Å². The molecular weight excluding hydrogens is 388 g/mol. The number of carbonyl (C=O) groups is 2. The Hall–Kier alpha value is -2.18. The molecule has 0 radical (unpaired) electrons. The lowest BCUT2D eigenvalue weighted by Crippen LogP contribution is -2.26. The van der Waals surface area contributed by atoms with Gasteiger partial charge in [0.2, 0.25) is 0 Å². The third-order valence-corrected chi connectivity index (χ3v) is 6.20. The number of fused-ring (bicyclic) bond motifs is 1. The van der Waals surface area contributed by atoms with Crippen molar-refractivity contribution in [1.29, 1.82) is 0 Å². The summed E-state index contributed by atoms with van der Waals surface area (Å²) in [5.74, 6) is -1.26. The maximum atomic E-state index is 12.5. The lowest BCUT2D eigenvalue weighted by Gasteiger charge is -2.24. The molecule has 0 aromatic heterocycles. The van der Waals surface area contributed by atoms with E-state index in [4.69, 9.17) is 10.7 Å². The van der Waals surface area contributed by atoms with E-state index in [1.54, 1.807) is 30.3 Å². The normalized spacial score (nSPS) is 18.1. The van der Waals surface area contributed by atoms with Crippen molar-refractivity contribution in [3.8, 4) is 0 Å². The molecule has 5 nitrogen and oxygen atoms in total. The molecule has 7 heteroatoms. The Balaban J connectivity index is 2.07. The molecule has 142 valence electrons. The van der Waals surface area contributed by atoms with E-state index in [0.717, 1.165) is 5.56 Å². The highest BCUT2D eigenvalue weighted by Crippen LogP contribution is 2.38. The summed E-state index contributed by atoms with van der Waals surface area (Å²) in [4.78, 5) is 25.0. The lowest BCUT2D eigenvalue weighted by molar-refractivity contribution is -0.124. The summed E-state index contributed by atoms with van der Waals surface area (Å²) in [6, 6.07) is 9.90. The molecule has 0 heterocycles. The lowest BCUT2D eigenvalue weighted by atomic mass is 9.78. The van der Waals surface area contributed by atoms with E-state index >= 15 is 0 Å². The van der Waals surface area contributed by atoms with Gasteiger partial charge in [-0.05, 0) is 29.4 Å². The second-order valence-electron chi connectivity index (χ2n) is 6.66. The monoisotopic (exact) mass is 406 g/mol. The van der Waals surface area contributed by atoms with E-state index in [1.165, 1.54) is 6.07 Å². The van der Waals surface area contributed by atoms with Crippen LogP contribution in [0.5, 0.6) is 0 Å². The van der Waals surface area contributed by atoms with Gasteiger partial charge < -0.3 is 5.11 Å². The van der Waals surface area contributed by atoms with Gasteiger partial charge in [0.1, 0.15) is 5.76 Å². The largest absolute Gasteiger partial charge is 0.511 e. The maximum Gasteiger partial charge on any atom is 0.261 e. The molecule has 1 saturated carbocycles. The summed E-state index contributed by atoms with van der Waals surface area (Å²) in [5, 5.41) is 11.1. The van der Waals surface area contributed by atoms with E-state index in [-0.39, 0.29) is 46.6 Å². The number of Topliss-reactive ketones (excluding diaryl/α,β-unsaturated/α-hetero) is 2. The van der Waals surface area contributed by atoms with Gasteiger partial charge in [-0.1, -0.05) is 37.3 Å². The van der Waals surface area contributed by atoms with Crippen molar-refractivity contribution in [1.82, 2.24) is 0 Å². The van der Waals surface area contributed by atoms with Gasteiger partial charge in [-0.3, -0.25) is 9.59 Å². The summed E-state index contributed by atoms with van der Waals surface area (Å²) >= 11 is 0. The number of halogens is 1. The van der Waals surface area contributed by atoms with Crippen molar-refractivity contribution < 1.29 is 23.1 Å². The number of hydrogen-bond acceptors (Lipinski definition) is 5. The van der Waals surface area contributed by atoms with E-state index in [2.05, 4.69) is 0 Å². The van der Waals surface area contributed by atoms with Crippen molar-refractivity contribution in [2.45, 2.75) is 43.4 Å². The number of ketones is 2. The Morgan fingerprint density at radius 1 is 1.07 bits per heavy atom. The van der Waals surface area contributed by atoms with Crippen LogP contribution in [0.2, 0.25) is 0 Å². The highest BCUT2D eigenvalue weighted by atomic mass is 35.7. The summed E-state index contributed by atoms with van der Waals surface area (Å²) in [6.07, 6.45) is 1.11. The van der Waals surface area contributed by atoms with E-state index in [1.807, 2.05) is 6.92 Å². The Bertz CT molecular complexity index is 1050. The number of carbonyl (C=O) groups excluding carboxylic acids is 2. The smallest absolute Gasteiger partial charge is 0.261 e. The molecule has 0 atom stereocenters. The summed E-state index contributed by atoms with van der Waals surface area (Å²) in [5.41, 5.74) is 0.641. The minimum atomic E-state index is -3.93. The van der Waals surface area contributed by atoms with Gasteiger partial charge in [-0.2, -0.15) is 0 Å². The van der Waals surface area contributed by atoms with Gasteiger partial charge in [0, 0.05) is 35.3 Å². The minimum Gasteiger partial charge on any atom is -0.511 e. The van der Waals surface area contributed by atoms with Crippen LogP contribution in [0.1, 0.15) is 44.1 Å². The zero-order valence-corrected chi connectivity index (χ0v) is 16.3. The number of aliphatic hydroxyl groups is 1. The third-order valence-electron chi connectivity index (χ3n) is 4.82. The van der Waals surface area contributed by atoms with Crippen LogP contribution < -0.4 is 0 Å². The fourth-order valence-corrected chi connectivity index (χ4v) is 4.72. The second kappa shape index (κ2) is 7.44. The fourth-order valence-electron chi connectivity index (χ4n) is 3.65. The quantitative estimate of drug-likeness (QED) is 0.352.